The van der Waals surface area contributed by atoms with Crippen molar-refractivity contribution in [2.75, 3.05) is 26.7 Å². The highest BCUT2D eigenvalue weighted by Crippen LogP contribution is 2.38. The number of benzene rings is 1. The molecule has 3 rings (SSSR count). The molecule has 1 aliphatic carbocycles. The lowest BCUT2D eigenvalue weighted by Crippen LogP contribution is -2.21. The summed E-state index contributed by atoms with van der Waals surface area (Å²) < 4.78 is 5.37. The zero-order valence-electron chi connectivity index (χ0n) is 12.8. The van der Waals surface area contributed by atoms with Gasteiger partial charge < -0.3 is 10.5 Å². The molecule has 21 heavy (non-hydrogen) atoms. The molecule has 2 atom stereocenters. The maximum Gasteiger partial charge on any atom is 0.134 e. The van der Waals surface area contributed by atoms with Crippen LogP contribution in [0.15, 0.2) is 18.2 Å². The first-order chi connectivity index (χ1) is 10.3. The SMILES string of the molecule is COc1ccc(CN2CC3CCCC3C2)cc1C#CCN. The van der Waals surface area contributed by atoms with Crippen LogP contribution in [0.4, 0.5) is 0 Å². The van der Waals surface area contributed by atoms with Crippen LogP contribution in [0.2, 0.25) is 0 Å². The van der Waals surface area contributed by atoms with Crippen molar-refractivity contribution in [1.82, 2.24) is 4.90 Å². The van der Waals surface area contributed by atoms with Gasteiger partial charge in [0.1, 0.15) is 5.75 Å². The van der Waals surface area contributed by atoms with Crippen LogP contribution in [-0.2, 0) is 6.54 Å². The van der Waals surface area contributed by atoms with Crippen molar-refractivity contribution in [2.24, 2.45) is 17.6 Å². The summed E-state index contributed by atoms with van der Waals surface area (Å²) in [5.41, 5.74) is 7.73. The van der Waals surface area contributed by atoms with E-state index in [1.807, 2.05) is 6.07 Å². The zero-order valence-corrected chi connectivity index (χ0v) is 12.8. The molecular weight excluding hydrogens is 260 g/mol. The normalized spacial score (nSPS) is 24.5. The molecule has 1 aromatic carbocycles. The second-order valence-corrected chi connectivity index (χ2v) is 6.19. The number of rotatable bonds is 3. The maximum atomic E-state index is 5.47. The van der Waals surface area contributed by atoms with Crippen molar-refractivity contribution in [3.63, 3.8) is 0 Å². The van der Waals surface area contributed by atoms with Crippen molar-refractivity contribution in [3.05, 3.63) is 29.3 Å². The number of fused-ring (bicyclic) bond motifs is 1. The second kappa shape index (κ2) is 6.51. The van der Waals surface area contributed by atoms with Gasteiger partial charge in [-0.2, -0.15) is 0 Å². The summed E-state index contributed by atoms with van der Waals surface area (Å²) in [6, 6.07) is 6.32. The minimum absolute atomic E-state index is 0.378. The lowest BCUT2D eigenvalue weighted by atomic mass is 10.0. The van der Waals surface area contributed by atoms with Crippen LogP contribution in [0, 0.1) is 23.7 Å². The molecular formula is C18H24N2O. The summed E-state index contributed by atoms with van der Waals surface area (Å²) in [6.07, 6.45) is 4.29. The van der Waals surface area contributed by atoms with Gasteiger partial charge in [-0.1, -0.05) is 24.3 Å². The van der Waals surface area contributed by atoms with Gasteiger partial charge in [0.2, 0.25) is 0 Å². The number of nitrogens with two attached hydrogens (primary N) is 1. The Balaban J connectivity index is 1.71. The first kappa shape index (κ1) is 14.4. The molecule has 1 aromatic rings. The molecule has 0 bridgehead atoms. The summed E-state index contributed by atoms with van der Waals surface area (Å²) in [5, 5.41) is 0. The maximum absolute atomic E-state index is 5.47. The van der Waals surface area contributed by atoms with E-state index in [-0.39, 0.29) is 0 Å². The molecule has 0 amide bonds. The lowest BCUT2D eigenvalue weighted by Gasteiger charge is -2.17. The summed E-state index contributed by atoms with van der Waals surface area (Å²) in [7, 11) is 1.68. The van der Waals surface area contributed by atoms with Crippen LogP contribution in [0.3, 0.4) is 0 Å². The first-order valence-corrected chi connectivity index (χ1v) is 7.88. The van der Waals surface area contributed by atoms with E-state index in [0.717, 1.165) is 29.7 Å². The van der Waals surface area contributed by atoms with Crippen molar-refractivity contribution in [2.45, 2.75) is 25.8 Å². The van der Waals surface area contributed by atoms with Gasteiger partial charge in [-0.15, -0.1) is 0 Å². The van der Waals surface area contributed by atoms with Crippen molar-refractivity contribution in [1.29, 1.82) is 0 Å². The molecule has 1 saturated carbocycles. The lowest BCUT2D eigenvalue weighted by molar-refractivity contribution is 0.303. The van der Waals surface area contributed by atoms with Gasteiger partial charge in [0.05, 0.1) is 19.2 Å². The molecule has 3 nitrogen and oxygen atoms in total. The molecule has 0 aromatic heterocycles. The minimum atomic E-state index is 0.378. The van der Waals surface area contributed by atoms with Crippen LogP contribution >= 0.6 is 0 Å². The van der Waals surface area contributed by atoms with Gasteiger partial charge in [0.15, 0.2) is 0 Å². The Kier molecular flexibility index (Phi) is 4.48. The fraction of sp³-hybridized carbons (Fsp3) is 0.556. The average molecular weight is 284 g/mol. The summed E-state index contributed by atoms with van der Waals surface area (Å²) in [5.74, 6) is 8.75. The summed E-state index contributed by atoms with van der Waals surface area (Å²) in [4.78, 5) is 2.59. The van der Waals surface area contributed by atoms with Gasteiger partial charge in [-0.05, 0) is 42.4 Å². The first-order valence-electron chi connectivity index (χ1n) is 7.88. The quantitative estimate of drug-likeness (QED) is 0.865. The number of likely N-dealkylation sites (tertiary alicyclic amines) is 1. The molecule has 1 heterocycles. The van der Waals surface area contributed by atoms with E-state index in [1.165, 1.54) is 37.9 Å². The monoisotopic (exact) mass is 284 g/mol. The van der Waals surface area contributed by atoms with Crippen LogP contribution in [-0.4, -0.2) is 31.6 Å². The van der Waals surface area contributed by atoms with Crippen LogP contribution in [0.25, 0.3) is 0 Å². The Morgan fingerprint density at radius 1 is 1.29 bits per heavy atom. The zero-order chi connectivity index (χ0) is 14.7. The summed E-state index contributed by atoms with van der Waals surface area (Å²) in [6.45, 7) is 3.93. The van der Waals surface area contributed by atoms with E-state index < -0.39 is 0 Å². The fourth-order valence-corrected chi connectivity index (χ4v) is 3.82. The molecule has 1 saturated heterocycles. The van der Waals surface area contributed by atoms with Crippen LogP contribution in [0.5, 0.6) is 5.75 Å². The molecule has 2 unspecified atom stereocenters. The summed E-state index contributed by atoms with van der Waals surface area (Å²) >= 11 is 0. The highest BCUT2D eigenvalue weighted by molar-refractivity contribution is 5.48. The third kappa shape index (κ3) is 3.23. The Morgan fingerprint density at radius 3 is 2.71 bits per heavy atom. The van der Waals surface area contributed by atoms with Crippen molar-refractivity contribution in [3.8, 4) is 17.6 Å². The van der Waals surface area contributed by atoms with E-state index in [1.54, 1.807) is 7.11 Å². The predicted molar refractivity (Wildman–Crippen MR) is 85.0 cm³/mol. The van der Waals surface area contributed by atoms with E-state index in [9.17, 15) is 0 Å². The number of hydrogen-bond donors (Lipinski definition) is 1. The molecule has 2 N–H and O–H groups in total. The Morgan fingerprint density at radius 2 is 2.05 bits per heavy atom. The molecule has 112 valence electrons. The van der Waals surface area contributed by atoms with Crippen LogP contribution < -0.4 is 10.5 Å². The van der Waals surface area contributed by atoms with E-state index in [4.69, 9.17) is 10.5 Å². The van der Waals surface area contributed by atoms with E-state index in [2.05, 4.69) is 28.9 Å². The highest BCUT2D eigenvalue weighted by atomic mass is 16.5. The third-order valence-electron chi connectivity index (χ3n) is 4.80. The van der Waals surface area contributed by atoms with Gasteiger partial charge in [0.25, 0.3) is 0 Å². The minimum Gasteiger partial charge on any atom is -0.495 e. The molecule has 0 radical (unpaired) electrons. The average Bonchev–Trinajstić information content (AvgIpc) is 3.06. The van der Waals surface area contributed by atoms with Gasteiger partial charge in [-0.25, -0.2) is 0 Å². The molecule has 0 spiro atoms. The van der Waals surface area contributed by atoms with Gasteiger partial charge >= 0.3 is 0 Å². The number of methoxy groups -OCH3 is 1. The third-order valence-corrected chi connectivity index (χ3v) is 4.80. The van der Waals surface area contributed by atoms with Crippen LogP contribution in [0.1, 0.15) is 30.4 Å². The number of nitrogens with zero attached hydrogens (tertiary/aromatic N) is 1. The number of ether oxygens (including phenoxy) is 1. The predicted octanol–water partition coefficient (Wildman–Crippen LogP) is 2.24. The van der Waals surface area contributed by atoms with Crippen molar-refractivity contribution < 1.29 is 4.74 Å². The Labute approximate surface area is 127 Å². The largest absolute Gasteiger partial charge is 0.495 e. The topological polar surface area (TPSA) is 38.5 Å². The number of hydrogen-bond acceptors (Lipinski definition) is 3. The van der Waals surface area contributed by atoms with Gasteiger partial charge in [-0.3, -0.25) is 4.90 Å². The smallest absolute Gasteiger partial charge is 0.134 e. The Bertz CT molecular complexity index is 546. The standard InChI is InChI=1S/C18H24N2O/c1-21-18-8-7-14(10-15(18)6-3-9-19)11-20-12-16-4-2-5-17(16)13-20/h7-8,10,16-17H,2,4-5,9,11-13,19H2,1H3. The fourth-order valence-electron chi connectivity index (χ4n) is 3.82. The molecule has 3 heteroatoms. The van der Waals surface area contributed by atoms with Gasteiger partial charge in [0, 0.05) is 19.6 Å². The van der Waals surface area contributed by atoms with E-state index in [0.29, 0.717) is 6.54 Å². The Hall–Kier alpha value is -1.50. The van der Waals surface area contributed by atoms with E-state index >= 15 is 0 Å². The molecule has 2 fully saturated rings. The highest BCUT2D eigenvalue weighted by Gasteiger charge is 2.35. The second-order valence-electron chi connectivity index (χ2n) is 6.19. The molecule has 2 aliphatic rings. The van der Waals surface area contributed by atoms with Crippen molar-refractivity contribution >= 4 is 0 Å². The molecule has 1 aliphatic heterocycles.